The Morgan fingerprint density at radius 2 is 2.09 bits per heavy atom. The van der Waals surface area contributed by atoms with Crippen LogP contribution in [0.5, 0.6) is 0 Å². The molecule has 0 unspecified atom stereocenters. The molecular weight excluding hydrogens is 352 g/mol. The zero-order chi connectivity index (χ0) is 16.2. The molecule has 0 aromatic rings. The Hall–Kier alpha value is -0.540. The standard InChI is InChI=1S/C20H27BrO2/c1-20-10-9-14-13-5-7-18(23-2)17(21)11-12(13)3-4-15(14)16(20)6-8-19(20)22/h7,11,14-16,19,22H,3-6,8-10H2,1-2H3/t14-,15-,16+,19+,20+/m1/s1. The summed E-state index contributed by atoms with van der Waals surface area (Å²) in [5.74, 6) is 3.17. The van der Waals surface area contributed by atoms with Crippen molar-refractivity contribution in [3.63, 3.8) is 0 Å². The first-order valence-corrected chi connectivity index (χ1v) is 9.85. The predicted octanol–water partition coefficient (Wildman–Crippen LogP) is 5.09. The van der Waals surface area contributed by atoms with Gasteiger partial charge in [-0.3, -0.25) is 0 Å². The fourth-order valence-corrected chi connectivity index (χ4v) is 6.57. The molecule has 0 aromatic carbocycles. The maximum Gasteiger partial charge on any atom is 0.129 e. The largest absolute Gasteiger partial charge is 0.496 e. The maximum atomic E-state index is 10.5. The molecule has 4 aliphatic carbocycles. The fourth-order valence-electron chi connectivity index (χ4n) is 5.97. The molecule has 23 heavy (non-hydrogen) atoms. The SMILES string of the molecule is COC1=CCC2=C(C=C1Br)CC[C@@H]1[C@@H]2CC[C@]2(C)[C@@H](O)CC[C@@H]12. The van der Waals surface area contributed by atoms with Crippen molar-refractivity contribution in [1.82, 2.24) is 0 Å². The van der Waals surface area contributed by atoms with Gasteiger partial charge in [0.15, 0.2) is 0 Å². The Labute approximate surface area is 147 Å². The van der Waals surface area contributed by atoms with E-state index < -0.39 is 0 Å². The van der Waals surface area contributed by atoms with Gasteiger partial charge >= 0.3 is 0 Å². The lowest BCUT2D eigenvalue weighted by Crippen LogP contribution is -2.44. The van der Waals surface area contributed by atoms with Gasteiger partial charge in [-0.05, 0) is 102 Å². The molecule has 0 amide bonds. The molecule has 0 bridgehead atoms. The molecule has 0 aliphatic heterocycles. The number of hydrogen-bond donors (Lipinski definition) is 1. The Kier molecular flexibility index (Phi) is 4.00. The van der Waals surface area contributed by atoms with E-state index >= 15 is 0 Å². The number of methoxy groups -OCH3 is 1. The summed E-state index contributed by atoms with van der Waals surface area (Å²) in [4.78, 5) is 0. The lowest BCUT2D eigenvalue weighted by molar-refractivity contribution is -0.0306. The van der Waals surface area contributed by atoms with E-state index in [0.717, 1.165) is 29.0 Å². The van der Waals surface area contributed by atoms with Crippen LogP contribution in [0.1, 0.15) is 51.9 Å². The molecule has 4 aliphatic rings. The molecule has 2 fully saturated rings. The summed E-state index contributed by atoms with van der Waals surface area (Å²) in [6, 6.07) is 0. The third-order valence-electron chi connectivity index (χ3n) is 7.26. The van der Waals surface area contributed by atoms with Gasteiger partial charge in [0.1, 0.15) is 5.76 Å². The van der Waals surface area contributed by atoms with Gasteiger partial charge in [-0.15, -0.1) is 0 Å². The minimum atomic E-state index is -0.0769. The minimum absolute atomic E-state index is 0.0769. The van der Waals surface area contributed by atoms with Crippen LogP contribution >= 0.6 is 15.9 Å². The first-order valence-electron chi connectivity index (χ1n) is 9.06. The van der Waals surface area contributed by atoms with Gasteiger partial charge < -0.3 is 9.84 Å². The molecule has 0 spiro atoms. The second kappa shape index (κ2) is 5.77. The summed E-state index contributed by atoms with van der Waals surface area (Å²) < 4.78 is 6.59. The normalized spacial score (nSPS) is 43.0. The quantitative estimate of drug-likeness (QED) is 0.688. The van der Waals surface area contributed by atoms with Crippen LogP contribution in [0.3, 0.4) is 0 Å². The molecule has 2 nitrogen and oxygen atoms in total. The molecule has 2 saturated carbocycles. The Morgan fingerprint density at radius 1 is 1.26 bits per heavy atom. The number of rotatable bonds is 1. The minimum Gasteiger partial charge on any atom is -0.496 e. The number of allylic oxidation sites excluding steroid dienone is 5. The van der Waals surface area contributed by atoms with Crippen molar-refractivity contribution < 1.29 is 9.84 Å². The van der Waals surface area contributed by atoms with Crippen molar-refractivity contribution in [2.24, 2.45) is 23.2 Å². The van der Waals surface area contributed by atoms with Crippen LogP contribution < -0.4 is 0 Å². The Morgan fingerprint density at radius 3 is 2.87 bits per heavy atom. The van der Waals surface area contributed by atoms with Crippen molar-refractivity contribution >= 4 is 15.9 Å². The highest BCUT2D eigenvalue weighted by Gasteiger charge is 2.54. The Bertz CT molecular complexity index is 603. The molecule has 0 saturated heterocycles. The van der Waals surface area contributed by atoms with Crippen molar-refractivity contribution in [3.8, 4) is 0 Å². The molecule has 1 N–H and O–H groups in total. The van der Waals surface area contributed by atoms with Crippen LogP contribution in [-0.4, -0.2) is 18.3 Å². The zero-order valence-corrected chi connectivity index (χ0v) is 15.7. The van der Waals surface area contributed by atoms with Crippen LogP contribution in [0, 0.1) is 23.2 Å². The van der Waals surface area contributed by atoms with Crippen molar-refractivity contribution in [2.45, 2.75) is 58.0 Å². The summed E-state index contributed by atoms with van der Waals surface area (Å²) in [5.41, 5.74) is 3.35. The van der Waals surface area contributed by atoms with Crippen LogP contribution in [-0.2, 0) is 4.74 Å². The molecule has 0 radical (unpaired) electrons. The van der Waals surface area contributed by atoms with Crippen molar-refractivity contribution in [2.75, 3.05) is 7.11 Å². The third-order valence-corrected chi connectivity index (χ3v) is 7.88. The number of aliphatic hydroxyl groups is 1. The first kappa shape index (κ1) is 16.0. The maximum absolute atomic E-state index is 10.5. The van der Waals surface area contributed by atoms with Crippen molar-refractivity contribution in [3.05, 3.63) is 33.5 Å². The zero-order valence-electron chi connectivity index (χ0n) is 14.1. The first-order chi connectivity index (χ1) is 11.0. The lowest BCUT2D eigenvalue weighted by atomic mass is 9.55. The predicted molar refractivity (Wildman–Crippen MR) is 96.0 cm³/mol. The van der Waals surface area contributed by atoms with E-state index in [-0.39, 0.29) is 11.5 Å². The molecule has 3 heteroatoms. The van der Waals surface area contributed by atoms with E-state index in [1.54, 1.807) is 12.7 Å². The van der Waals surface area contributed by atoms with E-state index in [9.17, 15) is 5.11 Å². The number of fused-ring (bicyclic) bond motifs is 4. The summed E-state index contributed by atoms with van der Waals surface area (Å²) in [6.07, 6.45) is 12.6. The summed E-state index contributed by atoms with van der Waals surface area (Å²) in [7, 11) is 1.75. The average Bonchev–Trinajstić information content (AvgIpc) is 2.74. The van der Waals surface area contributed by atoms with Gasteiger partial charge in [-0.2, -0.15) is 0 Å². The van der Waals surface area contributed by atoms with E-state index in [0.29, 0.717) is 11.8 Å². The Balaban J connectivity index is 1.67. The summed E-state index contributed by atoms with van der Waals surface area (Å²) >= 11 is 3.68. The smallest absolute Gasteiger partial charge is 0.129 e. The van der Waals surface area contributed by atoms with Gasteiger partial charge in [0.25, 0.3) is 0 Å². The summed E-state index contributed by atoms with van der Waals surface area (Å²) in [6.45, 7) is 2.35. The van der Waals surface area contributed by atoms with Gasteiger partial charge in [-0.1, -0.05) is 12.5 Å². The van der Waals surface area contributed by atoms with Crippen LogP contribution in [0.25, 0.3) is 0 Å². The molecule has 5 atom stereocenters. The third kappa shape index (κ3) is 2.38. The topological polar surface area (TPSA) is 29.5 Å². The summed E-state index contributed by atoms with van der Waals surface area (Å²) in [5, 5.41) is 10.5. The van der Waals surface area contributed by atoms with Crippen LogP contribution in [0.4, 0.5) is 0 Å². The molecule has 126 valence electrons. The van der Waals surface area contributed by atoms with E-state index in [2.05, 4.69) is 35.0 Å². The molecule has 0 heterocycles. The van der Waals surface area contributed by atoms with Crippen LogP contribution in [0.2, 0.25) is 0 Å². The van der Waals surface area contributed by atoms with Crippen molar-refractivity contribution in [1.29, 1.82) is 0 Å². The van der Waals surface area contributed by atoms with Crippen LogP contribution in [0.15, 0.2) is 33.5 Å². The highest BCUT2D eigenvalue weighted by molar-refractivity contribution is 9.12. The monoisotopic (exact) mass is 378 g/mol. The molecule has 4 rings (SSSR count). The van der Waals surface area contributed by atoms with E-state index in [1.807, 2.05) is 0 Å². The van der Waals surface area contributed by atoms with Gasteiger partial charge in [0.2, 0.25) is 0 Å². The van der Waals surface area contributed by atoms with E-state index in [4.69, 9.17) is 4.74 Å². The number of ether oxygens (including phenoxy) is 1. The number of hydrogen-bond acceptors (Lipinski definition) is 2. The molecule has 0 aromatic heterocycles. The highest BCUT2D eigenvalue weighted by Crippen LogP contribution is 2.60. The average molecular weight is 379 g/mol. The highest BCUT2D eigenvalue weighted by atomic mass is 79.9. The molecular formula is C20H27BrO2. The lowest BCUT2D eigenvalue weighted by Gasteiger charge is -2.50. The number of aliphatic hydroxyl groups excluding tert-OH is 1. The fraction of sp³-hybridized carbons (Fsp3) is 0.700. The van der Waals surface area contributed by atoms with Gasteiger partial charge in [0.05, 0.1) is 17.7 Å². The second-order valence-electron chi connectivity index (χ2n) is 8.07. The van der Waals surface area contributed by atoms with Gasteiger partial charge in [-0.25, -0.2) is 0 Å². The number of halogens is 1. The van der Waals surface area contributed by atoms with E-state index in [1.165, 1.54) is 37.7 Å². The van der Waals surface area contributed by atoms with Gasteiger partial charge in [0, 0.05) is 0 Å². The second-order valence-corrected chi connectivity index (χ2v) is 8.93.